The van der Waals surface area contributed by atoms with Crippen molar-refractivity contribution in [3.8, 4) is 0 Å². The number of carbonyl (C=O) groups is 2. The van der Waals surface area contributed by atoms with Gasteiger partial charge in [-0.05, 0) is 56.6 Å². The average molecular weight is 349 g/mol. The normalized spacial score (nSPS) is 21.9. The van der Waals surface area contributed by atoms with E-state index >= 15 is 0 Å². The minimum Gasteiger partial charge on any atom is -0.373 e. The van der Waals surface area contributed by atoms with Gasteiger partial charge in [-0.15, -0.1) is 0 Å². The van der Waals surface area contributed by atoms with Crippen LogP contribution >= 0.6 is 0 Å². The van der Waals surface area contributed by atoms with Crippen LogP contribution in [0.15, 0.2) is 24.3 Å². The highest BCUT2D eigenvalue weighted by Gasteiger charge is 2.44. The fourth-order valence-corrected chi connectivity index (χ4v) is 3.66. The molecule has 3 rings (SSSR count). The Bertz CT molecular complexity index is 629. The van der Waals surface area contributed by atoms with E-state index < -0.39 is 0 Å². The van der Waals surface area contributed by atoms with Crippen LogP contribution in [0.1, 0.15) is 26.2 Å². The molecule has 0 radical (unpaired) electrons. The summed E-state index contributed by atoms with van der Waals surface area (Å²) in [7, 11) is 0. The molecular formula is C18H24FN3O3. The van der Waals surface area contributed by atoms with Crippen LogP contribution in [0.25, 0.3) is 0 Å². The molecule has 2 saturated heterocycles. The molecule has 136 valence electrons. The van der Waals surface area contributed by atoms with E-state index in [-0.39, 0.29) is 35.8 Å². The standard InChI is InChI=1S/C18H24FN3O3/c1-13(23)21-11-17(24)22(15-4-2-14(19)3-5-15)16-10-18(25-12-16)6-8-20-9-7-18/h2-5,16,20H,6-12H2,1H3,(H,21,23)/t16-/m1/s1. The van der Waals surface area contributed by atoms with Gasteiger partial charge in [-0.3, -0.25) is 9.59 Å². The second-order valence-corrected chi connectivity index (χ2v) is 6.75. The Labute approximate surface area is 146 Å². The van der Waals surface area contributed by atoms with Gasteiger partial charge < -0.3 is 20.3 Å². The Morgan fingerprint density at radius 1 is 1.32 bits per heavy atom. The predicted octanol–water partition coefficient (Wildman–Crippen LogP) is 1.21. The molecule has 2 heterocycles. The smallest absolute Gasteiger partial charge is 0.246 e. The number of anilines is 1. The molecule has 6 nitrogen and oxygen atoms in total. The summed E-state index contributed by atoms with van der Waals surface area (Å²) in [5, 5.41) is 5.87. The van der Waals surface area contributed by atoms with Gasteiger partial charge in [-0.25, -0.2) is 4.39 Å². The van der Waals surface area contributed by atoms with Crippen LogP contribution < -0.4 is 15.5 Å². The lowest BCUT2D eigenvalue weighted by Crippen LogP contribution is -2.47. The van der Waals surface area contributed by atoms with E-state index in [1.807, 2.05) is 0 Å². The van der Waals surface area contributed by atoms with Gasteiger partial charge in [0.25, 0.3) is 0 Å². The van der Waals surface area contributed by atoms with E-state index in [2.05, 4.69) is 10.6 Å². The first-order valence-electron chi connectivity index (χ1n) is 8.66. The maximum absolute atomic E-state index is 13.3. The summed E-state index contributed by atoms with van der Waals surface area (Å²) >= 11 is 0. The largest absolute Gasteiger partial charge is 0.373 e. The molecule has 2 amide bonds. The maximum atomic E-state index is 13.3. The zero-order chi connectivity index (χ0) is 17.9. The number of amides is 2. The molecule has 25 heavy (non-hydrogen) atoms. The number of halogens is 1. The number of carbonyl (C=O) groups excluding carboxylic acids is 2. The van der Waals surface area contributed by atoms with Gasteiger partial charge in [0.05, 0.1) is 24.8 Å². The summed E-state index contributed by atoms with van der Waals surface area (Å²) in [5.74, 6) is -0.832. The average Bonchev–Trinajstić information content (AvgIpc) is 2.98. The first kappa shape index (κ1) is 17.8. The molecule has 0 aromatic heterocycles. The molecule has 7 heteroatoms. The summed E-state index contributed by atoms with van der Waals surface area (Å²) in [4.78, 5) is 25.5. The third-order valence-electron chi connectivity index (χ3n) is 4.93. The first-order chi connectivity index (χ1) is 12.0. The van der Waals surface area contributed by atoms with Gasteiger partial charge in [0, 0.05) is 12.6 Å². The highest BCUT2D eigenvalue weighted by atomic mass is 19.1. The van der Waals surface area contributed by atoms with Gasteiger partial charge in [0.1, 0.15) is 5.82 Å². The molecule has 1 aromatic rings. The minimum absolute atomic E-state index is 0.0856. The Balaban J connectivity index is 1.79. The lowest BCUT2D eigenvalue weighted by atomic mass is 9.88. The number of ether oxygens (including phenoxy) is 1. The summed E-state index contributed by atoms with van der Waals surface area (Å²) in [6, 6.07) is 5.74. The van der Waals surface area contributed by atoms with E-state index in [0.29, 0.717) is 12.3 Å². The lowest BCUT2D eigenvalue weighted by molar-refractivity contribution is -0.123. The number of nitrogens with one attached hydrogen (secondary N) is 2. The van der Waals surface area contributed by atoms with Gasteiger partial charge in [0.15, 0.2) is 0 Å². The second-order valence-electron chi connectivity index (χ2n) is 6.75. The summed E-state index contributed by atoms with van der Waals surface area (Å²) < 4.78 is 19.4. The Kier molecular flexibility index (Phi) is 5.34. The zero-order valence-electron chi connectivity index (χ0n) is 14.4. The van der Waals surface area contributed by atoms with Crippen molar-refractivity contribution in [2.75, 3.05) is 31.1 Å². The van der Waals surface area contributed by atoms with Crippen molar-refractivity contribution in [2.45, 2.75) is 37.8 Å². The first-order valence-corrected chi connectivity index (χ1v) is 8.66. The number of hydrogen-bond acceptors (Lipinski definition) is 4. The molecule has 2 N–H and O–H groups in total. The van der Waals surface area contributed by atoms with Gasteiger partial charge in [-0.2, -0.15) is 0 Å². The molecular weight excluding hydrogens is 325 g/mol. The predicted molar refractivity (Wildman–Crippen MR) is 91.8 cm³/mol. The molecule has 0 aliphatic carbocycles. The number of rotatable bonds is 4. The molecule has 2 aliphatic rings. The highest BCUT2D eigenvalue weighted by Crippen LogP contribution is 2.37. The van der Waals surface area contributed by atoms with Crippen molar-refractivity contribution in [3.05, 3.63) is 30.1 Å². The Morgan fingerprint density at radius 2 is 2.00 bits per heavy atom. The molecule has 2 fully saturated rings. The van der Waals surface area contributed by atoms with Crippen LogP contribution in [0.2, 0.25) is 0 Å². The van der Waals surface area contributed by atoms with Crippen LogP contribution in [0.4, 0.5) is 10.1 Å². The quantitative estimate of drug-likeness (QED) is 0.857. The van der Waals surface area contributed by atoms with Crippen molar-refractivity contribution in [1.82, 2.24) is 10.6 Å². The molecule has 1 atom stereocenters. The fourth-order valence-electron chi connectivity index (χ4n) is 3.66. The number of hydrogen-bond donors (Lipinski definition) is 2. The summed E-state index contributed by atoms with van der Waals surface area (Å²) in [6.07, 6.45) is 2.58. The zero-order valence-corrected chi connectivity index (χ0v) is 14.4. The number of benzene rings is 1. The minimum atomic E-state index is -0.351. The molecule has 1 spiro atoms. The van der Waals surface area contributed by atoms with E-state index in [4.69, 9.17) is 4.74 Å². The third-order valence-corrected chi connectivity index (χ3v) is 4.93. The Hall–Kier alpha value is -1.99. The van der Waals surface area contributed by atoms with Crippen molar-refractivity contribution < 1.29 is 18.7 Å². The molecule has 2 aliphatic heterocycles. The molecule has 0 unspecified atom stereocenters. The number of nitrogens with zero attached hydrogens (tertiary/aromatic N) is 1. The van der Waals surface area contributed by atoms with E-state index in [0.717, 1.165) is 32.4 Å². The SMILES string of the molecule is CC(=O)NCC(=O)N(c1ccc(F)cc1)[C@H]1COC2(CCNCC2)C1. The topological polar surface area (TPSA) is 70.7 Å². The van der Waals surface area contributed by atoms with Crippen molar-refractivity contribution in [2.24, 2.45) is 0 Å². The Morgan fingerprint density at radius 3 is 2.64 bits per heavy atom. The fraction of sp³-hybridized carbons (Fsp3) is 0.556. The monoisotopic (exact) mass is 349 g/mol. The van der Waals surface area contributed by atoms with E-state index in [9.17, 15) is 14.0 Å². The molecule has 1 aromatic carbocycles. The second kappa shape index (κ2) is 7.49. The van der Waals surface area contributed by atoms with Crippen LogP contribution in [0.5, 0.6) is 0 Å². The maximum Gasteiger partial charge on any atom is 0.246 e. The highest BCUT2D eigenvalue weighted by molar-refractivity contribution is 5.97. The number of piperidine rings is 1. The van der Waals surface area contributed by atoms with E-state index in [1.165, 1.54) is 19.1 Å². The van der Waals surface area contributed by atoms with Crippen LogP contribution in [0.3, 0.4) is 0 Å². The lowest BCUT2D eigenvalue weighted by Gasteiger charge is -2.34. The third kappa shape index (κ3) is 4.16. The van der Waals surface area contributed by atoms with Gasteiger partial charge >= 0.3 is 0 Å². The van der Waals surface area contributed by atoms with Gasteiger partial charge in [0.2, 0.25) is 11.8 Å². The van der Waals surface area contributed by atoms with Gasteiger partial charge in [-0.1, -0.05) is 0 Å². The van der Waals surface area contributed by atoms with Crippen molar-refractivity contribution >= 4 is 17.5 Å². The molecule has 0 bridgehead atoms. The van der Waals surface area contributed by atoms with Crippen molar-refractivity contribution in [3.63, 3.8) is 0 Å². The van der Waals surface area contributed by atoms with Crippen LogP contribution in [-0.2, 0) is 14.3 Å². The van der Waals surface area contributed by atoms with Crippen molar-refractivity contribution in [1.29, 1.82) is 0 Å². The van der Waals surface area contributed by atoms with Crippen LogP contribution in [-0.4, -0.2) is 49.7 Å². The summed E-state index contributed by atoms with van der Waals surface area (Å²) in [6.45, 7) is 3.55. The summed E-state index contributed by atoms with van der Waals surface area (Å²) in [5.41, 5.74) is 0.430. The molecule has 0 saturated carbocycles. The van der Waals surface area contributed by atoms with Crippen LogP contribution in [0, 0.1) is 5.82 Å². The van der Waals surface area contributed by atoms with E-state index in [1.54, 1.807) is 17.0 Å².